The van der Waals surface area contributed by atoms with Gasteiger partial charge >= 0.3 is 6.03 Å². The van der Waals surface area contributed by atoms with Gasteiger partial charge in [-0.1, -0.05) is 36.4 Å². The van der Waals surface area contributed by atoms with Crippen molar-refractivity contribution in [3.63, 3.8) is 0 Å². The topological polar surface area (TPSA) is 55.8 Å². The zero-order valence-electron chi connectivity index (χ0n) is 16.9. The molecule has 0 spiro atoms. The number of aromatic hydroxyl groups is 1. The molecule has 0 aliphatic carbocycles. The predicted molar refractivity (Wildman–Crippen MR) is 112 cm³/mol. The first-order valence-corrected chi connectivity index (χ1v) is 10.1. The molecule has 0 saturated carbocycles. The standard InChI is InChI=1S/C23H31N3O2/c1-25(2)17-19-6-10-20(11-7-19)22-5-3-4-16-26(22)23(28)24-15-14-18-8-12-21(27)13-9-18/h6-13,22,27H,3-5,14-17H2,1-2H3,(H,24,28)/t22-/m0/s1. The minimum atomic E-state index is 0.0147. The van der Waals surface area contributed by atoms with E-state index in [0.717, 1.165) is 44.3 Å². The molecule has 2 amide bonds. The minimum Gasteiger partial charge on any atom is -0.508 e. The summed E-state index contributed by atoms with van der Waals surface area (Å²) in [5, 5.41) is 12.4. The van der Waals surface area contributed by atoms with Crippen LogP contribution in [-0.2, 0) is 13.0 Å². The number of benzene rings is 2. The number of nitrogens with zero attached hydrogens (tertiary/aromatic N) is 2. The van der Waals surface area contributed by atoms with Gasteiger partial charge in [-0.2, -0.15) is 0 Å². The summed E-state index contributed by atoms with van der Waals surface area (Å²) < 4.78 is 0. The van der Waals surface area contributed by atoms with Crippen molar-refractivity contribution in [2.24, 2.45) is 0 Å². The molecule has 2 aromatic rings. The Balaban J connectivity index is 1.58. The van der Waals surface area contributed by atoms with Crippen molar-refractivity contribution in [3.05, 3.63) is 65.2 Å². The monoisotopic (exact) mass is 381 g/mol. The van der Waals surface area contributed by atoms with Crippen molar-refractivity contribution in [2.45, 2.75) is 38.3 Å². The number of urea groups is 1. The molecule has 5 nitrogen and oxygen atoms in total. The molecule has 1 saturated heterocycles. The van der Waals surface area contributed by atoms with E-state index in [-0.39, 0.29) is 17.8 Å². The maximum atomic E-state index is 12.8. The van der Waals surface area contributed by atoms with Crippen LogP contribution < -0.4 is 5.32 Å². The van der Waals surface area contributed by atoms with Crippen molar-refractivity contribution in [1.82, 2.24) is 15.1 Å². The quantitative estimate of drug-likeness (QED) is 0.797. The van der Waals surface area contributed by atoms with Gasteiger partial charge in [0.25, 0.3) is 0 Å². The van der Waals surface area contributed by atoms with Crippen LogP contribution in [0, 0.1) is 0 Å². The molecule has 0 radical (unpaired) electrons. The molecule has 2 N–H and O–H groups in total. The Morgan fingerprint density at radius 2 is 1.75 bits per heavy atom. The van der Waals surface area contributed by atoms with E-state index in [1.807, 2.05) is 17.0 Å². The number of phenols is 1. The second-order valence-corrected chi connectivity index (χ2v) is 7.83. The van der Waals surface area contributed by atoms with Crippen LogP contribution in [0.3, 0.4) is 0 Å². The van der Waals surface area contributed by atoms with Gasteiger partial charge < -0.3 is 20.2 Å². The second-order valence-electron chi connectivity index (χ2n) is 7.83. The summed E-state index contributed by atoms with van der Waals surface area (Å²) in [4.78, 5) is 17.0. The number of piperidine rings is 1. The normalized spacial score (nSPS) is 17.0. The summed E-state index contributed by atoms with van der Waals surface area (Å²) in [5.74, 6) is 0.264. The van der Waals surface area contributed by atoms with Crippen LogP contribution in [-0.4, -0.2) is 48.1 Å². The van der Waals surface area contributed by atoms with Gasteiger partial charge in [0.05, 0.1) is 6.04 Å². The summed E-state index contributed by atoms with van der Waals surface area (Å²) in [6.07, 6.45) is 3.98. The minimum absolute atomic E-state index is 0.0147. The molecule has 2 aromatic carbocycles. The van der Waals surface area contributed by atoms with Crippen LogP contribution in [0.2, 0.25) is 0 Å². The molecule has 1 heterocycles. The summed E-state index contributed by atoms with van der Waals surface area (Å²) in [5.41, 5.74) is 3.61. The zero-order valence-corrected chi connectivity index (χ0v) is 16.9. The van der Waals surface area contributed by atoms with Crippen LogP contribution in [0.15, 0.2) is 48.5 Å². The van der Waals surface area contributed by atoms with E-state index in [0.29, 0.717) is 6.54 Å². The lowest BCUT2D eigenvalue weighted by Gasteiger charge is -2.36. The lowest BCUT2D eigenvalue weighted by atomic mass is 9.95. The van der Waals surface area contributed by atoms with Crippen molar-refractivity contribution < 1.29 is 9.90 Å². The Kier molecular flexibility index (Phi) is 6.93. The Labute approximate surface area is 168 Å². The predicted octanol–water partition coefficient (Wildman–Crippen LogP) is 3.93. The van der Waals surface area contributed by atoms with Gasteiger partial charge in [0.1, 0.15) is 5.75 Å². The van der Waals surface area contributed by atoms with E-state index >= 15 is 0 Å². The fraction of sp³-hybridized carbons (Fsp3) is 0.435. The molecule has 1 fully saturated rings. The molecule has 1 aliphatic rings. The van der Waals surface area contributed by atoms with Gasteiger partial charge in [0.15, 0.2) is 0 Å². The Morgan fingerprint density at radius 1 is 1.07 bits per heavy atom. The second kappa shape index (κ2) is 9.60. The largest absolute Gasteiger partial charge is 0.508 e. The van der Waals surface area contributed by atoms with Gasteiger partial charge in [0, 0.05) is 19.6 Å². The van der Waals surface area contributed by atoms with E-state index in [1.165, 1.54) is 11.1 Å². The number of amides is 2. The van der Waals surface area contributed by atoms with Crippen molar-refractivity contribution in [3.8, 4) is 5.75 Å². The third-order valence-corrected chi connectivity index (χ3v) is 5.25. The van der Waals surface area contributed by atoms with E-state index in [4.69, 9.17) is 0 Å². The molecule has 0 aromatic heterocycles. The number of likely N-dealkylation sites (tertiary alicyclic amines) is 1. The summed E-state index contributed by atoms with van der Waals surface area (Å²) >= 11 is 0. The lowest BCUT2D eigenvalue weighted by Crippen LogP contribution is -2.45. The average Bonchev–Trinajstić information content (AvgIpc) is 2.69. The number of hydrogen-bond acceptors (Lipinski definition) is 3. The first kappa shape index (κ1) is 20.2. The highest BCUT2D eigenvalue weighted by molar-refractivity contribution is 5.75. The van der Waals surface area contributed by atoms with Crippen LogP contribution in [0.4, 0.5) is 4.79 Å². The molecule has 0 bridgehead atoms. The molecular formula is C23H31N3O2. The fourth-order valence-corrected chi connectivity index (χ4v) is 3.81. The Hall–Kier alpha value is -2.53. The average molecular weight is 382 g/mol. The number of carbonyl (C=O) groups is 1. The maximum Gasteiger partial charge on any atom is 0.317 e. The molecule has 150 valence electrons. The maximum absolute atomic E-state index is 12.8. The van der Waals surface area contributed by atoms with Crippen LogP contribution >= 0.6 is 0 Å². The SMILES string of the molecule is CN(C)Cc1ccc([C@@H]2CCCCN2C(=O)NCCc2ccc(O)cc2)cc1. The Bertz CT molecular complexity index is 756. The highest BCUT2D eigenvalue weighted by Gasteiger charge is 2.27. The lowest BCUT2D eigenvalue weighted by molar-refractivity contribution is 0.151. The third kappa shape index (κ3) is 5.49. The zero-order chi connectivity index (χ0) is 19.9. The third-order valence-electron chi connectivity index (χ3n) is 5.25. The van der Waals surface area contributed by atoms with Gasteiger partial charge in [-0.3, -0.25) is 0 Å². The smallest absolute Gasteiger partial charge is 0.317 e. The van der Waals surface area contributed by atoms with Crippen LogP contribution in [0.1, 0.15) is 42.0 Å². The summed E-state index contributed by atoms with van der Waals surface area (Å²) in [7, 11) is 4.14. The van der Waals surface area contributed by atoms with Crippen molar-refractivity contribution >= 4 is 6.03 Å². The number of phenolic OH excluding ortho intramolecular Hbond substituents is 1. The molecule has 0 unspecified atom stereocenters. The van der Waals surface area contributed by atoms with E-state index in [2.05, 4.69) is 48.6 Å². The van der Waals surface area contributed by atoms with Gasteiger partial charge in [-0.25, -0.2) is 4.79 Å². The van der Waals surface area contributed by atoms with Crippen LogP contribution in [0.25, 0.3) is 0 Å². The Morgan fingerprint density at radius 3 is 2.43 bits per heavy atom. The van der Waals surface area contributed by atoms with Gasteiger partial charge in [0.2, 0.25) is 0 Å². The van der Waals surface area contributed by atoms with E-state index < -0.39 is 0 Å². The summed E-state index contributed by atoms with van der Waals surface area (Å²) in [6.45, 7) is 2.32. The van der Waals surface area contributed by atoms with E-state index in [1.54, 1.807) is 12.1 Å². The highest BCUT2D eigenvalue weighted by Crippen LogP contribution is 2.31. The first-order chi connectivity index (χ1) is 13.5. The molecule has 1 atom stereocenters. The number of nitrogens with one attached hydrogen (secondary N) is 1. The van der Waals surface area contributed by atoms with Gasteiger partial charge in [-0.15, -0.1) is 0 Å². The number of rotatable bonds is 6. The molecule has 1 aliphatic heterocycles. The van der Waals surface area contributed by atoms with Crippen LogP contribution in [0.5, 0.6) is 5.75 Å². The molecular weight excluding hydrogens is 350 g/mol. The molecule has 3 rings (SSSR count). The number of carbonyl (C=O) groups excluding carboxylic acids is 1. The van der Waals surface area contributed by atoms with E-state index in [9.17, 15) is 9.90 Å². The van der Waals surface area contributed by atoms with Gasteiger partial charge in [-0.05, 0) is 68.6 Å². The summed E-state index contributed by atoms with van der Waals surface area (Å²) in [6, 6.07) is 16.0. The molecule has 5 heteroatoms. The first-order valence-electron chi connectivity index (χ1n) is 10.1. The van der Waals surface area contributed by atoms with Crippen molar-refractivity contribution in [1.29, 1.82) is 0 Å². The molecule has 28 heavy (non-hydrogen) atoms. The number of hydrogen-bond donors (Lipinski definition) is 2. The van der Waals surface area contributed by atoms with Crippen molar-refractivity contribution in [2.75, 3.05) is 27.2 Å². The highest BCUT2D eigenvalue weighted by atomic mass is 16.3. The fourth-order valence-electron chi connectivity index (χ4n) is 3.81.